The fourth-order valence-corrected chi connectivity index (χ4v) is 7.22. The summed E-state index contributed by atoms with van der Waals surface area (Å²) < 4.78 is 59.5. The Morgan fingerprint density at radius 3 is 1.59 bits per heavy atom. The molecule has 2 aliphatic rings. The van der Waals surface area contributed by atoms with Gasteiger partial charge in [0.05, 0.1) is 0 Å². The maximum Gasteiger partial charge on any atom is 0.139 e. The molecule has 4 aromatic heterocycles. The predicted molar refractivity (Wildman–Crippen MR) is 187 cm³/mol. The van der Waals surface area contributed by atoms with E-state index in [1.807, 2.05) is 41.7 Å². The highest BCUT2D eigenvalue weighted by molar-refractivity contribution is 5.78. The molecule has 2 aromatic carbocycles. The second-order valence-electron chi connectivity index (χ2n) is 13.0. The number of imidazole rings is 2. The normalized spacial score (nSPS) is 15.2. The van der Waals surface area contributed by atoms with Gasteiger partial charge < -0.3 is 10.6 Å². The molecule has 0 spiro atoms. The molecule has 2 aliphatic carbocycles. The van der Waals surface area contributed by atoms with Gasteiger partial charge in [-0.2, -0.15) is 0 Å². The van der Waals surface area contributed by atoms with Crippen molar-refractivity contribution >= 4 is 22.9 Å². The molecule has 8 rings (SSSR count). The summed E-state index contributed by atoms with van der Waals surface area (Å²) in [5, 5.41) is 7.14. The highest BCUT2D eigenvalue weighted by Gasteiger charge is 2.24. The molecule has 2 saturated carbocycles. The molecular formula is C39H40F4N6. The van der Waals surface area contributed by atoms with E-state index in [4.69, 9.17) is 0 Å². The van der Waals surface area contributed by atoms with Crippen molar-refractivity contribution in [2.24, 2.45) is 0 Å². The van der Waals surface area contributed by atoms with Gasteiger partial charge in [0.15, 0.2) is 0 Å². The average Bonchev–Trinajstić information content (AvgIpc) is 3.90. The Hall–Kier alpha value is -4.86. The van der Waals surface area contributed by atoms with Crippen molar-refractivity contribution in [3.05, 3.63) is 107 Å². The fourth-order valence-electron chi connectivity index (χ4n) is 7.22. The third kappa shape index (κ3) is 6.60. The molecule has 49 heavy (non-hydrogen) atoms. The first-order chi connectivity index (χ1) is 23.8. The van der Waals surface area contributed by atoms with Gasteiger partial charge in [-0.25, -0.2) is 27.5 Å². The number of nitrogens with one attached hydrogen (secondary N) is 2. The van der Waals surface area contributed by atoms with Gasteiger partial charge in [0.1, 0.15) is 57.6 Å². The zero-order chi connectivity index (χ0) is 34.1. The third-order valence-corrected chi connectivity index (χ3v) is 9.69. The van der Waals surface area contributed by atoms with Crippen LogP contribution in [0.4, 0.5) is 29.2 Å². The van der Waals surface area contributed by atoms with Crippen LogP contribution in [-0.2, 0) is 6.42 Å². The Morgan fingerprint density at radius 2 is 1.10 bits per heavy atom. The van der Waals surface area contributed by atoms with Crippen LogP contribution in [0.2, 0.25) is 0 Å². The van der Waals surface area contributed by atoms with Gasteiger partial charge in [-0.3, -0.25) is 8.80 Å². The third-order valence-electron chi connectivity index (χ3n) is 9.69. The van der Waals surface area contributed by atoms with E-state index in [2.05, 4.69) is 38.0 Å². The maximum atomic E-state index is 14.4. The zero-order valence-electron chi connectivity index (χ0n) is 27.7. The van der Waals surface area contributed by atoms with Gasteiger partial charge in [0.25, 0.3) is 0 Å². The van der Waals surface area contributed by atoms with Crippen LogP contribution in [0.3, 0.4) is 0 Å². The van der Waals surface area contributed by atoms with E-state index < -0.39 is 23.3 Å². The van der Waals surface area contributed by atoms with Crippen molar-refractivity contribution < 1.29 is 17.6 Å². The van der Waals surface area contributed by atoms with E-state index in [1.54, 1.807) is 0 Å². The molecule has 10 heteroatoms. The lowest BCUT2D eigenvalue weighted by atomic mass is 10.1. The van der Waals surface area contributed by atoms with Gasteiger partial charge in [-0.1, -0.05) is 44.7 Å². The minimum atomic E-state index is -0.592. The van der Waals surface area contributed by atoms with E-state index in [9.17, 15) is 17.6 Å². The fraction of sp³-hybridized carbons (Fsp3) is 0.333. The summed E-state index contributed by atoms with van der Waals surface area (Å²) in [5.41, 5.74) is 5.40. The smallest absolute Gasteiger partial charge is 0.139 e. The summed E-state index contributed by atoms with van der Waals surface area (Å²) in [4.78, 5) is 9.28. The molecular weight excluding hydrogens is 628 g/mol. The molecule has 0 aliphatic heterocycles. The Bertz CT molecular complexity index is 2110. The Morgan fingerprint density at radius 1 is 0.633 bits per heavy atom. The maximum absolute atomic E-state index is 14.4. The van der Waals surface area contributed by atoms with E-state index in [1.165, 1.54) is 49.9 Å². The number of hydrogen-bond acceptors (Lipinski definition) is 4. The topological polar surface area (TPSA) is 58.7 Å². The van der Waals surface area contributed by atoms with Crippen LogP contribution in [-0.4, -0.2) is 30.9 Å². The van der Waals surface area contributed by atoms with Crippen LogP contribution in [0.5, 0.6) is 0 Å². The summed E-state index contributed by atoms with van der Waals surface area (Å²) in [6.45, 7) is 4.09. The second kappa shape index (κ2) is 13.9. The monoisotopic (exact) mass is 668 g/mol. The first kappa shape index (κ1) is 32.7. The summed E-state index contributed by atoms with van der Waals surface area (Å²) in [7, 11) is 0. The first-order valence-corrected chi connectivity index (χ1v) is 17.2. The van der Waals surface area contributed by atoms with Gasteiger partial charge >= 0.3 is 0 Å². The number of benzene rings is 2. The Balaban J connectivity index is 0.000000154. The lowest BCUT2D eigenvalue weighted by molar-refractivity contribution is 0.584. The summed E-state index contributed by atoms with van der Waals surface area (Å²) in [6, 6.07) is 19.8. The molecule has 254 valence electrons. The van der Waals surface area contributed by atoms with Gasteiger partial charge in [-0.05, 0) is 87.6 Å². The van der Waals surface area contributed by atoms with E-state index >= 15 is 0 Å². The molecule has 0 amide bonds. The number of nitrogens with zero attached hydrogens (tertiary/aromatic N) is 4. The van der Waals surface area contributed by atoms with E-state index in [0.29, 0.717) is 34.6 Å². The molecule has 0 unspecified atom stereocenters. The Labute approximate surface area is 283 Å². The molecule has 0 radical (unpaired) electrons. The standard InChI is InChI=1S/C20H21F2N3.C19H19F2N3/c1-2-15-8-5-9-18-24-19(16-11-10-13(21)12-17(16)22)20(25(15)18)23-14-6-3-4-7-14;1-12-5-4-8-17-23-18(15-10-9-13(20)11-16(15)21)19(24(12)17)22-14-6-2-3-7-14/h5,8-12,14,23H,2-4,6-7H2,1H3;4-5,8-11,14,22H,2-3,6-7H2,1H3. The molecule has 6 nitrogen and oxygen atoms in total. The zero-order valence-corrected chi connectivity index (χ0v) is 27.7. The quantitative estimate of drug-likeness (QED) is 0.166. The second-order valence-corrected chi connectivity index (χ2v) is 13.0. The number of aryl methyl sites for hydroxylation is 2. The van der Waals surface area contributed by atoms with Crippen LogP contribution in [0.1, 0.15) is 69.7 Å². The van der Waals surface area contributed by atoms with Crippen molar-refractivity contribution in [1.29, 1.82) is 0 Å². The minimum Gasteiger partial charge on any atom is -0.367 e. The van der Waals surface area contributed by atoms with Crippen LogP contribution in [0.25, 0.3) is 33.8 Å². The van der Waals surface area contributed by atoms with Crippen molar-refractivity contribution in [3.8, 4) is 22.5 Å². The van der Waals surface area contributed by atoms with Gasteiger partial charge in [0.2, 0.25) is 0 Å². The summed E-state index contributed by atoms with van der Waals surface area (Å²) >= 11 is 0. The number of fused-ring (bicyclic) bond motifs is 2. The lowest BCUT2D eigenvalue weighted by Gasteiger charge is -2.16. The van der Waals surface area contributed by atoms with Crippen LogP contribution < -0.4 is 10.6 Å². The number of rotatable bonds is 7. The van der Waals surface area contributed by atoms with Crippen LogP contribution >= 0.6 is 0 Å². The minimum absolute atomic E-state index is 0.319. The van der Waals surface area contributed by atoms with Crippen molar-refractivity contribution in [1.82, 2.24) is 18.8 Å². The predicted octanol–water partition coefficient (Wildman–Crippen LogP) is 10.1. The van der Waals surface area contributed by atoms with E-state index in [-0.39, 0.29) is 0 Å². The lowest BCUT2D eigenvalue weighted by Crippen LogP contribution is -2.17. The molecule has 0 saturated heterocycles. The first-order valence-electron chi connectivity index (χ1n) is 17.2. The molecule has 0 atom stereocenters. The van der Waals surface area contributed by atoms with Gasteiger partial charge in [-0.15, -0.1) is 0 Å². The number of hydrogen-bond donors (Lipinski definition) is 2. The molecule has 6 aromatic rings. The number of halogens is 4. The number of pyridine rings is 2. The summed E-state index contributed by atoms with van der Waals surface area (Å²) in [6.07, 6.45) is 10.1. The van der Waals surface area contributed by atoms with Crippen LogP contribution in [0.15, 0.2) is 72.8 Å². The SMILES string of the molecule is CCc1cccc2nc(-c3ccc(F)cc3F)c(NC3CCCC3)n12.Cc1cccc2nc(-c3ccc(F)cc3F)c(NC3CCCC3)n12. The van der Waals surface area contributed by atoms with Gasteiger partial charge in [0, 0.05) is 46.7 Å². The van der Waals surface area contributed by atoms with Crippen molar-refractivity contribution in [2.75, 3.05) is 10.6 Å². The molecule has 2 fully saturated rings. The Kier molecular flexibility index (Phi) is 9.29. The number of aromatic nitrogens is 4. The molecule has 0 bridgehead atoms. The average molecular weight is 669 g/mol. The van der Waals surface area contributed by atoms with Crippen molar-refractivity contribution in [3.63, 3.8) is 0 Å². The van der Waals surface area contributed by atoms with Crippen molar-refractivity contribution in [2.45, 2.75) is 83.7 Å². The molecule has 4 heterocycles. The highest BCUT2D eigenvalue weighted by atomic mass is 19.1. The largest absolute Gasteiger partial charge is 0.367 e. The van der Waals surface area contributed by atoms with E-state index in [0.717, 1.165) is 78.6 Å². The van der Waals surface area contributed by atoms with Crippen LogP contribution in [0, 0.1) is 30.2 Å². The summed E-state index contributed by atoms with van der Waals surface area (Å²) in [5.74, 6) is -0.738. The molecule has 2 N–H and O–H groups in total. The number of anilines is 2. The highest BCUT2D eigenvalue weighted by Crippen LogP contribution is 2.36.